The van der Waals surface area contributed by atoms with Gasteiger partial charge < -0.3 is 20.1 Å². The van der Waals surface area contributed by atoms with Gasteiger partial charge in [0, 0.05) is 21.7 Å². The van der Waals surface area contributed by atoms with Crippen molar-refractivity contribution in [2.24, 2.45) is 0 Å². The summed E-state index contributed by atoms with van der Waals surface area (Å²) in [4.78, 5) is 39.6. The minimum atomic E-state index is -0.471. The molecule has 39 heavy (non-hydrogen) atoms. The molecule has 2 N–H and O–H groups in total. The van der Waals surface area contributed by atoms with Gasteiger partial charge >= 0.3 is 0 Å². The van der Waals surface area contributed by atoms with Gasteiger partial charge in [-0.25, -0.2) is 0 Å². The number of ketones is 1. The molecule has 1 aliphatic heterocycles. The first-order chi connectivity index (χ1) is 19.0. The van der Waals surface area contributed by atoms with Crippen molar-refractivity contribution in [3.8, 4) is 11.5 Å². The van der Waals surface area contributed by atoms with Crippen LogP contribution in [-0.2, 0) is 4.79 Å². The molecule has 0 fully saturated rings. The van der Waals surface area contributed by atoms with Crippen molar-refractivity contribution in [2.75, 3.05) is 17.9 Å². The normalized spacial score (nSPS) is 12.1. The number of carbonyl (C=O) groups is 3. The summed E-state index contributed by atoms with van der Waals surface area (Å²) >= 11 is 1.36. The van der Waals surface area contributed by atoms with Gasteiger partial charge in [-0.05, 0) is 60.2 Å². The number of rotatable bonds is 9. The predicted octanol–water partition coefficient (Wildman–Crippen LogP) is 5.80. The number of carbonyl (C=O) groups excluding carboxylic acids is 3. The molecule has 5 rings (SSSR count). The molecular weight excluding hydrogens is 512 g/mol. The average Bonchev–Trinajstić information content (AvgIpc) is 3.45. The Labute approximate surface area is 229 Å². The molecular formula is C31H24N2O5S. The number of hydrogen-bond donors (Lipinski definition) is 2. The van der Waals surface area contributed by atoms with E-state index in [0.717, 1.165) is 10.5 Å². The molecule has 2 amide bonds. The first-order valence-corrected chi connectivity index (χ1v) is 13.1. The number of anilines is 1. The first kappa shape index (κ1) is 25.8. The number of benzene rings is 4. The van der Waals surface area contributed by atoms with E-state index in [1.54, 1.807) is 66.7 Å². The molecule has 4 aromatic carbocycles. The van der Waals surface area contributed by atoms with Crippen LogP contribution in [0.2, 0.25) is 0 Å². The fraction of sp³-hybridized carbons (Fsp3) is 0.0645. The molecule has 0 bridgehead atoms. The standard InChI is InChI=1S/C31H24N2O5S/c34-27(23-14-15-28-29(17-23)38-20-37-28)19-39-25-13-7-12-24(18-25)32-31(36)26(16-21-8-3-1-4-9-21)33-30(35)22-10-5-2-6-11-22/h1-18H,19-20H2,(H,32,36)(H,33,35)/b26-16-. The number of thioether (sulfide) groups is 1. The van der Waals surface area contributed by atoms with Crippen LogP contribution in [0.1, 0.15) is 26.3 Å². The molecule has 0 aliphatic carbocycles. The van der Waals surface area contributed by atoms with Crippen LogP contribution in [-0.4, -0.2) is 30.1 Å². The predicted molar refractivity (Wildman–Crippen MR) is 151 cm³/mol. The van der Waals surface area contributed by atoms with E-state index < -0.39 is 5.91 Å². The quantitative estimate of drug-likeness (QED) is 0.160. The first-order valence-electron chi connectivity index (χ1n) is 12.2. The Bertz CT molecular complexity index is 1540. The minimum Gasteiger partial charge on any atom is -0.454 e. The summed E-state index contributed by atoms with van der Waals surface area (Å²) in [5.74, 6) is 0.492. The summed E-state index contributed by atoms with van der Waals surface area (Å²) in [7, 11) is 0. The summed E-state index contributed by atoms with van der Waals surface area (Å²) in [6.45, 7) is 0.151. The lowest BCUT2D eigenvalue weighted by molar-refractivity contribution is -0.113. The maximum atomic E-state index is 13.3. The zero-order valence-corrected chi connectivity index (χ0v) is 21.6. The van der Waals surface area contributed by atoms with Crippen molar-refractivity contribution in [1.82, 2.24) is 5.32 Å². The fourth-order valence-electron chi connectivity index (χ4n) is 3.82. The number of Topliss-reactive ketones (excluding diaryl/α,β-unsaturated/α-hetero) is 1. The van der Waals surface area contributed by atoms with Crippen molar-refractivity contribution in [2.45, 2.75) is 4.90 Å². The molecule has 194 valence electrons. The lowest BCUT2D eigenvalue weighted by Crippen LogP contribution is -2.30. The molecule has 8 heteroatoms. The molecule has 0 radical (unpaired) electrons. The summed E-state index contributed by atoms with van der Waals surface area (Å²) in [6, 6.07) is 30.3. The third-order valence-electron chi connectivity index (χ3n) is 5.80. The van der Waals surface area contributed by atoms with Crippen LogP contribution in [0.4, 0.5) is 5.69 Å². The molecule has 1 aliphatic rings. The molecule has 0 spiro atoms. The van der Waals surface area contributed by atoms with Gasteiger partial charge in [0.25, 0.3) is 11.8 Å². The van der Waals surface area contributed by atoms with Crippen molar-refractivity contribution in [1.29, 1.82) is 0 Å². The second-order valence-electron chi connectivity index (χ2n) is 8.55. The summed E-state index contributed by atoms with van der Waals surface area (Å²) in [5.41, 5.74) is 2.39. The SMILES string of the molecule is O=C(Nc1cccc(SCC(=O)c2ccc3c(c2)OCO3)c1)/C(=C/c1ccccc1)NC(=O)c1ccccc1. The van der Waals surface area contributed by atoms with Crippen LogP contribution in [0.5, 0.6) is 11.5 Å². The topological polar surface area (TPSA) is 93.7 Å². The molecule has 0 atom stereocenters. The zero-order valence-electron chi connectivity index (χ0n) is 20.8. The van der Waals surface area contributed by atoms with Crippen LogP contribution < -0.4 is 20.1 Å². The highest BCUT2D eigenvalue weighted by Crippen LogP contribution is 2.33. The second-order valence-corrected chi connectivity index (χ2v) is 9.60. The van der Waals surface area contributed by atoms with E-state index in [4.69, 9.17) is 9.47 Å². The van der Waals surface area contributed by atoms with Gasteiger partial charge in [0.15, 0.2) is 17.3 Å². The van der Waals surface area contributed by atoms with E-state index in [9.17, 15) is 14.4 Å². The number of ether oxygens (including phenoxy) is 2. The number of amides is 2. The van der Waals surface area contributed by atoms with Crippen molar-refractivity contribution >= 4 is 41.1 Å². The molecule has 0 saturated carbocycles. The Morgan fingerprint density at radius 3 is 2.31 bits per heavy atom. The van der Waals surface area contributed by atoms with Gasteiger partial charge in [-0.15, -0.1) is 11.8 Å². The third kappa shape index (κ3) is 6.74. The summed E-state index contributed by atoms with van der Waals surface area (Å²) in [6.07, 6.45) is 1.62. The van der Waals surface area contributed by atoms with Crippen LogP contribution >= 0.6 is 11.8 Å². The van der Waals surface area contributed by atoms with Gasteiger partial charge in [-0.1, -0.05) is 54.6 Å². The fourth-order valence-corrected chi connectivity index (χ4v) is 4.67. The average molecular weight is 537 g/mol. The maximum Gasteiger partial charge on any atom is 0.272 e. The van der Waals surface area contributed by atoms with E-state index in [1.165, 1.54) is 11.8 Å². The molecule has 0 unspecified atom stereocenters. The van der Waals surface area contributed by atoms with Gasteiger partial charge in [-0.2, -0.15) is 0 Å². The maximum absolute atomic E-state index is 13.3. The number of hydrogen-bond acceptors (Lipinski definition) is 6. The Hall–Kier alpha value is -4.82. The zero-order chi connectivity index (χ0) is 27.0. The van der Waals surface area contributed by atoms with Crippen molar-refractivity contribution in [3.63, 3.8) is 0 Å². The van der Waals surface area contributed by atoms with Crippen molar-refractivity contribution < 1.29 is 23.9 Å². The molecule has 1 heterocycles. The second kappa shape index (κ2) is 12.1. The third-order valence-corrected chi connectivity index (χ3v) is 6.79. The highest BCUT2D eigenvalue weighted by atomic mass is 32.2. The Balaban J connectivity index is 1.27. The van der Waals surface area contributed by atoms with Crippen LogP contribution in [0.25, 0.3) is 6.08 Å². The van der Waals surface area contributed by atoms with E-state index in [1.807, 2.05) is 42.5 Å². The smallest absolute Gasteiger partial charge is 0.272 e. The molecule has 4 aromatic rings. The van der Waals surface area contributed by atoms with Gasteiger partial charge in [0.2, 0.25) is 6.79 Å². The minimum absolute atomic E-state index is 0.0514. The number of fused-ring (bicyclic) bond motifs is 1. The summed E-state index contributed by atoms with van der Waals surface area (Å²) in [5, 5.41) is 5.59. The van der Waals surface area contributed by atoms with E-state index in [0.29, 0.717) is 28.3 Å². The van der Waals surface area contributed by atoms with Gasteiger partial charge in [-0.3, -0.25) is 14.4 Å². The molecule has 0 saturated heterocycles. The monoisotopic (exact) mass is 536 g/mol. The van der Waals surface area contributed by atoms with Crippen molar-refractivity contribution in [3.05, 3.63) is 126 Å². The van der Waals surface area contributed by atoms with Crippen LogP contribution in [0.15, 0.2) is 114 Å². The van der Waals surface area contributed by atoms with E-state index >= 15 is 0 Å². The largest absolute Gasteiger partial charge is 0.454 e. The van der Waals surface area contributed by atoms with E-state index in [-0.39, 0.29) is 29.9 Å². The van der Waals surface area contributed by atoms with Gasteiger partial charge in [0.1, 0.15) is 5.70 Å². The lowest BCUT2D eigenvalue weighted by Gasteiger charge is -2.12. The highest BCUT2D eigenvalue weighted by molar-refractivity contribution is 8.00. The van der Waals surface area contributed by atoms with E-state index in [2.05, 4.69) is 10.6 Å². The highest BCUT2D eigenvalue weighted by Gasteiger charge is 2.17. The number of nitrogens with one attached hydrogen (secondary N) is 2. The Kier molecular flexibility index (Phi) is 8.04. The lowest BCUT2D eigenvalue weighted by atomic mass is 10.1. The molecule has 7 nitrogen and oxygen atoms in total. The van der Waals surface area contributed by atoms with Gasteiger partial charge in [0.05, 0.1) is 5.75 Å². The summed E-state index contributed by atoms with van der Waals surface area (Å²) < 4.78 is 10.7. The Morgan fingerprint density at radius 1 is 0.769 bits per heavy atom. The van der Waals surface area contributed by atoms with Crippen LogP contribution in [0, 0.1) is 0 Å². The molecule has 0 aromatic heterocycles. The Morgan fingerprint density at radius 2 is 1.51 bits per heavy atom. The van der Waals surface area contributed by atoms with Crippen LogP contribution in [0.3, 0.4) is 0 Å².